The van der Waals surface area contributed by atoms with E-state index in [2.05, 4.69) is 10.5 Å². The van der Waals surface area contributed by atoms with Crippen molar-refractivity contribution in [3.63, 3.8) is 0 Å². The molecule has 0 spiro atoms. The van der Waals surface area contributed by atoms with Gasteiger partial charge < -0.3 is 4.74 Å². The fourth-order valence-electron chi connectivity index (χ4n) is 3.12. The number of nitrogens with zero attached hydrogens (tertiary/aromatic N) is 1. The number of hydrogen-bond acceptors (Lipinski definition) is 3. The Kier molecular flexibility index (Phi) is 6.06. The maximum Gasteiger partial charge on any atom is 0.271 e. The molecule has 5 heteroatoms. The van der Waals surface area contributed by atoms with E-state index in [1.807, 2.05) is 66.7 Å². The highest BCUT2D eigenvalue weighted by atomic mass is 35.5. The highest BCUT2D eigenvalue weighted by molar-refractivity contribution is 6.31. The first-order chi connectivity index (χ1) is 14.7. The number of carbonyl (C=O) groups is 1. The number of rotatable bonds is 6. The number of benzene rings is 4. The van der Waals surface area contributed by atoms with Crippen LogP contribution in [0.15, 0.2) is 96.1 Å². The van der Waals surface area contributed by atoms with Gasteiger partial charge >= 0.3 is 0 Å². The van der Waals surface area contributed by atoms with Crippen LogP contribution < -0.4 is 10.2 Å². The maximum absolute atomic E-state index is 12.3. The maximum atomic E-state index is 12.3. The number of hydrogen-bond donors (Lipinski definition) is 1. The van der Waals surface area contributed by atoms with Crippen LogP contribution in [-0.4, -0.2) is 12.1 Å². The minimum atomic E-state index is -0.333. The second-order valence-electron chi connectivity index (χ2n) is 6.68. The van der Waals surface area contributed by atoms with Crippen LogP contribution >= 0.6 is 11.6 Å². The third-order valence-corrected chi connectivity index (χ3v) is 4.85. The number of fused-ring (bicyclic) bond motifs is 1. The van der Waals surface area contributed by atoms with Gasteiger partial charge in [-0.3, -0.25) is 4.79 Å². The lowest BCUT2D eigenvalue weighted by atomic mass is 10.0. The van der Waals surface area contributed by atoms with Crippen LogP contribution in [0.5, 0.6) is 5.75 Å². The number of carbonyl (C=O) groups excluding carboxylic acids is 1. The predicted octanol–water partition coefficient (Wildman–Crippen LogP) is 5.84. The molecule has 4 aromatic carbocycles. The Morgan fingerprint density at radius 2 is 1.73 bits per heavy atom. The largest absolute Gasteiger partial charge is 0.488 e. The molecule has 4 aromatic rings. The van der Waals surface area contributed by atoms with E-state index < -0.39 is 0 Å². The lowest BCUT2D eigenvalue weighted by Crippen LogP contribution is -2.17. The van der Waals surface area contributed by atoms with Crippen LogP contribution in [0.1, 0.15) is 21.5 Å². The first-order valence-electron chi connectivity index (χ1n) is 9.48. The lowest BCUT2D eigenvalue weighted by Gasteiger charge is -2.12. The van der Waals surface area contributed by atoms with Gasteiger partial charge in [0.15, 0.2) is 0 Å². The summed E-state index contributed by atoms with van der Waals surface area (Å²) in [6, 6.07) is 28.6. The van der Waals surface area contributed by atoms with Crippen molar-refractivity contribution in [1.82, 2.24) is 5.43 Å². The van der Waals surface area contributed by atoms with E-state index in [-0.39, 0.29) is 5.91 Å². The molecule has 1 amide bonds. The summed E-state index contributed by atoms with van der Waals surface area (Å²) in [5, 5.41) is 6.72. The summed E-state index contributed by atoms with van der Waals surface area (Å²) in [5.41, 5.74) is 4.87. The summed E-state index contributed by atoms with van der Waals surface area (Å²) in [7, 11) is 0. The van der Waals surface area contributed by atoms with E-state index in [9.17, 15) is 4.79 Å². The first kappa shape index (κ1) is 19.7. The highest BCUT2D eigenvalue weighted by Crippen LogP contribution is 2.27. The zero-order chi connectivity index (χ0) is 20.8. The molecule has 0 saturated carbocycles. The van der Waals surface area contributed by atoms with Gasteiger partial charge in [-0.05, 0) is 40.6 Å². The van der Waals surface area contributed by atoms with Gasteiger partial charge in [0.05, 0.1) is 6.21 Å². The van der Waals surface area contributed by atoms with E-state index >= 15 is 0 Å². The second-order valence-corrected chi connectivity index (χ2v) is 7.12. The molecule has 148 valence electrons. The molecule has 0 aliphatic carbocycles. The standard InChI is InChI=1S/C25H19ClN2O2/c26-21-11-6-10-20(15-21)25(29)28-27-16-23-22-12-5-4-9-19(22)13-14-24(23)30-17-18-7-2-1-3-8-18/h1-16H,17H2,(H,28,29)/b27-16-. The fraction of sp³-hybridized carbons (Fsp3) is 0.0400. The van der Waals surface area contributed by atoms with Gasteiger partial charge in [-0.2, -0.15) is 5.10 Å². The van der Waals surface area contributed by atoms with Crippen LogP contribution in [0, 0.1) is 0 Å². The highest BCUT2D eigenvalue weighted by Gasteiger charge is 2.09. The number of amides is 1. The van der Waals surface area contributed by atoms with Gasteiger partial charge in [-0.25, -0.2) is 5.43 Å². The minimum absolute atomic E-state index is 0.333. The number of halogens is 1. The quantitative estimate of drug-likeness (QED) is 0.318. The summed E-state index contributed by atoms with van der Waals surface area (Å²) >= 11 is 5.96. The Bertz CT molecular complexity index is 1210. The molecule has 0 fully saturated rings. The second kappa shape index (κ2) is 9.25. The van der Waals surface area contributed by atoms with Crippen molar-refractivity contribution >= 4 is 34.5 Å². The Morgan fingerprint density at radius 3 is 2.57 bits per heavy atom. The van der Waals surface area contributed by atoms with Crippen molar-refractivity contribution in [1.29, 1.82) is 0 Å². The van der Waals surface area contributed by atoms with Gasteiger partial charge in [0.25, 0.3) is 5.91 Å². The summed E-state index contributed by atoms with van der Waals surface area (Å²) in [6.07, 6.45) is 1.62. The van der Waals surface area contributed by atoms with Crippen LogP contribution in [0.25, 0.3) is 10.8 Å². The zero-order valence-corrected chi connectivity index (χ0v) is 16.8. The molecule has 4 nitrogen and oxygen atoms in total. The van der Waals surface area contributed by atoms with Gasteiger partial charge in [0.2, 0.25) is 0 Å². The zero-order valence-electron chi connectivity index (χ0n) is 16.1. The van der Waals surface area contributed by atoms with E-state index in [0.29, 0.717) is 22.9 Å². The fourth-order valence-corrected chi connectivity index (χ4v) is 3.31. The molecular formula is C25H19ClN2O2. The Morgan fingerprint density at radius 1 is 0.933 bits per heavy atom. The SMILES string of the molecule is O=C(N/N=C\c1c(OCc2ccccc2)ccc2ccccc12)c1cccc(Cl)c1. The van der Waals surface area contributed by atoms with Crippen LogP contribution in [0.4, 0.5) is 0 Å². The summed E-state index contributed by atoms with van der Waals surface area (Å²) in [4.78, 5) is 12.3. The average Bonchev–Trinajstić information content (AvgIpc) is 2.79. The van der Waals surface area contributed by atoms with Gasteiger partial charge in [-0.1, -0.05) is 78.3 Å². The topological polar surface area (TPSA) is 50.7 Å². The smallest absolute Gasteiger partial charge is 0.271 e. The summed E-state index contributed by atoms with van der Waals surface area (Å²) < 4.78 is 6.07. The third-order valence-electron chi connectivity index (χ3n) is 4.61. The number of hydrazone groups is 1. The summed E-state index contributed by atoms with van der Waals surface area (Å²) in [6.45, 7) is 0.439. The van der Waals surface area contributed by atoms with Crippen LogP contribution in [0.2, 0.25) is 5.02 Å². The van der Waals surface area contributed by atoms with Crippen molar-refractivity contribution in [3.05, 3.63) is 113 Å². The molecule has 30 heavy (non-hydrogen) atoms. The van der Waals surface area contributed by atoms with Gasteiger partial charge in [-0.15, -0.1) is 0 Å². The van der Waals surface area contributed by atoms with Crippen LogP contribution in [0.3, 0.4) is 0 Å². The average molecular weight is 415 g/mol. The van der Waals surface area contributed by atoms with Gasteiger partial charge in [0, 0.05) is 16.1 Å². The molecule has 0 bridgehead atoms. The molecular weight excluding hydrogens is 396 g/mol. The molecule has 0 unspecified atom stereocenters. The van der Waals surface area contributed by atoms with E-state index in [4.69, 9.17) is 16.3 Å². The Hall–Kier alpha value is -3.63. The molecule has 0 atom stereocenters. The molecule has 0 aromatic heterocycles. The molecule has 4 rings (SSSR count). The van der Waals surface area contributed by atoms with Crippen molar-refractivity contribution in [2.24, 2.45) is 5.10 Å². The predicted molar refractivity (Wildman–Crippen MR) is 121 cm³/mol. The molecule has 0 heterocycles. The van der Waals surface area contributed by atoms with E-state index in [0.717, 1.165) is 21.9 Å². The third kappa shape index (κ3) is 4.67. The number of ether oxygens (including phenoxy) is 1. The monoisotopic (exact) mass is 414 g/mol. The van der Waals surface area contributed by atoms with Crippen molar-refractivity contribution in [3.8, 4) is 5.75 Å². The Balaban J connectivity index is 1.59. The lowest BCUT2D eigenvalue weighted by molar-refractivity contribution is 0.0955. The molecule has 0 saturated heterocycles. The minimum Gasteiger partial charge on any atom is -0.488 e. The molecule has 1 N–H and O–H groups in total. The molecule has 0 radical (unpaired) electrons. The first-order valence-corrected chi connectivity index (χ1v) is 9.86. The van der Waals surface area contributed by atoms with Crippen molar-refractivity contribution in [2.75, 3.05) is 0 Å². The van der Waals surface area contributed by atoms with E-state index in [1.165, 1.54) is 0 Å². The van der Waals surface area contributed by atoms with Crippen LogP contribution in [-0.2, 0) is 6.61 Å². The number of nitrogens with one attached hydrogen (secondary N) is 1. The summed E-state index contributed by atoms with van der Waals surface area (Å²) in [5.74, 6) is 0.360. The molecule has 0 aliphatic heterocycles. The normalized spacial score (nSPS) is 11.0. The van der Waals surface area contributed by atoms with Crippen molar-refractivity contribution in [2.45, 2.75) is 6.61 Å². The van der Waals surface area contributed by atoms with Gasteiger partial charge in [0.1, 0.15) is 12.4 Å². The van der Waals surface area contributed by atoms with E-state index in [1.54, 1.807) is 30.5 Å². The molecule has 0 aliphatic rings. The van der Waals surface area contributed by atoms with Crippen molar-refractivity contribution < 1.29 is 9.53 Å². The Labute approximate surface area is 179 Å².